The Morgan fingerprint density at radius 1 is 1.36 bits per heavy atom. The summed E-state index contributed by atoms with van der Waals surface area (Å²) in [4.78, 5) is 0. The van der Waals surface area contributed by atoms with E-state index in [9.17, 15) is 8.78 Å². The number of alkyl halides is 1. The molecule has 14 heavy (non-hydrogen) atoms. The molecule has 80 valence electrons. The normalized spacial score (nSPS) is 12.0. The van der Waals surface area contributed by atoms with Crippen LogP contribution in [0.25, 0.3) is 0 Å². The zero-order valence-corrected chi connectivity index (χ0v) is 9.75. The highest BCUT2D eigenvalue weighted by molar-refractivity contribution is 9.10. The third-order valence-corrected chi connectivity index (χ3v) is 2.19. The number of hydrogen-bond donors (Lipinski definition) is 1. The van der Waals surface area contributed by atoms with Gasteiger partial charge < -0.3 is 5.73 Å². The Kier molecular flexibility index (Phi) is 6.24. The number of nitrogens with two attached hydrogens (primary N) is 1. The van der Waals surface area contributed by atoms with Gasteiger partial charge in [-0.3, -0.25) is 4.39 Å². The molecule has 1 nitrogen and oxygen atoms in total. The summed E-state index contributed by atoms with van der Waals surface area (Å²) in [6.45, 7) is -0.491. The molecule has 0 amide bonds. The Morgan fingerprint density at radius 3 is 2.50 bits per heavy atom. The average Bonchev–Trinajstić information content (AvgIpc) is 2.03. The maximum atomic E-state index is 12.8. The summed E-state index contributed by atoms with van der Waals surface area (Å²) in [5.41, 5.74) is 6.23. The summed E-state index contributed by atoms with van der Waals surface area (Å²) >= 11 is 3.14. The van der Waals surface area contributed by atoms with Crippen molar-refractivity contribution in [2.45, 2.75) is 12.5 Å². The lowest BCUT2D eigenvalue weighted by Gasteiger charge is -2.10. The van der Waals surface area contributed by atoms with Crippen LogP contribution in [-0.4, -0.2) is 6.67 Å². The van der Waals surface area contributed by atoms with Crippen LogP contribution in [0.1, 0.15) is 18.0 Å². The molecule has 0 fully saturated rings. The molecular weight excluding hydrogens is 275 g/mol. The molecular formula is C9H11BrClF2N. The molecule has 1 aromatic rings. The summed E-state index contributed by atoms with van der Waals surface area (Å²) in [6.07, 6.45) is 0.218. The molecule has 0 saturated carbocycles. The molecule has 2 N–H and O–H groups in total. The molecule has 1 aromatic carbocycles. The van der Waals surface area contributed by atoms with Gasteiger partial charge in [0.2, 0.25) is 0 Å². The van der Waals surface area contributed by atoms with Gasteiger partial charge in [-0.25, -0.2) is 4.39 Å². The summed E-state index contributed by atoms with van der Waals surface area (Å²) in [5, 5.41) is 0. The van der Waals surface area contributed by atoms with Crippen LogP contribution in [0.5, 0.6) is 0 Å². The quantitative estimate of drug-likeness (QED) is 0.906. The Balaban J connectivity index is 0.00000169. The van der Waals surface area contributed by atoms with E-state index in [-0.39, 0.29) is 24.6 Å². The lowest BCUT2D eigenvalue weighted by atomic mass is 10.1. The van der Waals surface area contributed by atoms with Crippen molar-refractivity contribution in [3.8, 4) is 0 Å². The molecule has 0 heterocycles. The Labute approximate surface area is 96.2 Å². The van der Waals surface area contributed by atoms with Crippen molar-refractivity contribution >= 4 is 28.3 Å². The van der Waals surface area contributed by atoms with E-state index in [1.54, 1.807) is 6.07 Å². The highest BCUT2D eigenvalue weighted by Gasteiger charge is 2.07. The van der Waals surface area contributed by atoms with Crippen molar-refractivity contribution in [1.29, 1.82) is 0 Å². The molecule has 0 aromatic heterocycles. The van der Waals surface area contributed by atoms with Crippen LogP contribution in [0, 0.1) is 5.82 Å². The van der Waals surface area contributed by atoms with E-state index in [1.165, 1.54) is 12.1 Å². The van der Waals surface area contributed by atoms with Crippen molar-refractivity contribution in [2.24, 2.45) is 5.73 Å². The summed E-state index contributed by atoms with van der Waals surface area (Å²) in [6, 6.07) is 3.93. The van der Waals surface area contributed by atoms with Gasteiger partial charge in [0.15, 0.2) is 0 Å². The highest BCUT2D eigenvalue weighted by Crippen LogP contribution is 2.20. The zero-order valence-electron chi connectivity index (χ0n) is 7.34. The van der Waals surface area contributed by atoms with Gasteiger partial charge in [-0.15, -0.1) is 12.4 Å². The SMILES string of the molecule is Cl.N[C@H](CCF)c1cc(F)cc(Br)c1. The Hall–Kier alpha value is -0.190. The molecule has 0 saturated heterocycles. The Bertz CT molecular complexity index is 276. The van der Waals surface area contributed by atoms with E-state index >= 15 is 0 Å². The van der Waals surface area contributed by atoms with Crippen molar-refractivity contribution in [2.75, 3.05) is 6.67 Å². The first-order valence-electron chi connectivity index (χ1n) is 3.91. The van der Waals surface area contributed by atoms with E-state index in [1.807, 2.05) is 0 Å². The molecule has 1 atom stereocenters. The molecule has 0 spiro atoms. The fourth-order valence-corrected chi connectivity index (χ4v) is 1.56. The topological polar surface area (TPSA) is 26.0 Å². The largest absolute Gasteiger partial charge is 0.324 e. The maximum absolute atomic E-state index is 12.8. The second kappa shape index (κ2) is 6.32. The summed E-state index contributed by atoms with van der Waals surface area (Å²) in [7, 11) is 0. The Morgan fingerprint density at radius 2 is 2.00 bits per heavy atom. The molecule has 0 aliphatic carbocycles. The van der Waals surface area contributed by atoms with Crippen LogP contribution in [0.2, 0.25) is 0 Å². The van der Waals surface area contributed by atoms with Crippen LogP contribution in [0.4, 0.5) is 8.78 Å². The summed E-state index contributed by atoms with van der Waals surface area (Å²) < 4.78 is 25.4. The van der Waals surface area contributed by atoms with Crippen LogP contribution in [-0.2, 0) is 0 Å². The van der Waals surface area contributed by atoms with Gasteiger partial charge in [0, 0.05) is 10.5 Å². The van der Waals surface area contributed by atoms with Crippen LogP contribution in [0.3, 0.4) is 0 Å². The van der Waals surface area contributed by atoms with Crippen LogP contribution < -0.4 is 5.73 Å². The van der Waals surface area contributed by atoms with Crippen molar-refractivity contribution in [1.82, 2.24) is 0 Å². The van der Waals surface area contributed by atoms with Gasteiger partial charge in [-0.2, -0.15) is 0 Å². The number of benzene rings is 1. The second-order valence-corrected chi connectivity index (χ2v) is 3.70. The minimum absolute atomic E-state index is 0. The van der Waals surface area contributed by atoms with E-state index in [2.05, 4.69) is 15.9 Å². The van der Waals surface area contributed by atoms with Crippen LogP contribution >= 0.6 is 28.3 Å². The zero-order chi connectivity index (χ0) is 9.84. The predicted octanol–water partition coefficient (Wildman–Crippen LogP) is 3.37. The smallest absolute Gasteiger partial charge is 0.124 e. The number of rotatable bonds is 3. The van der Waals surface area contributed by atoms with Gasteiger partial charge in [0.25, 0.3) is 0 Å². The number of halogens is 4. The highest BCUT2D eigenvalue weighted by atomic mass is 79.9. The van der Waals surface area contributed by atoms with Crippen LogP contribution in [0.15, 0.2) is 22.7 Å². The van der Waals surface area contributed by atoms with Gasteiger partial charge >= 0.3 is 0 Å². The number of hydrogen-bond acceptors (Lipinski definition) is 1. The first-order chi connectivity index (χ1) is 6.13. The van der Waals surface area contributed by atoms with Gasteiger partial charge in [-0.05, 0) is 30.2 Å². The molecule has 0 aliphatic heterocycles. The lowest BCUT2D eigenvalue weighted by molar-refractivity contribution is 0.441. The molecule has 0 bridgehead atoms. The van der Waals surface area contributed by atoms with E-state index in [0.717, 1.165) is 0 Å². The fraction of sp³-hybridized carbons (Fsp3) is 0.333. The van der Waals surface area contributed by atoms with Crippen molar-refractivity contribution in [3.05, 3.63) is 34.1 Å². The van der Waals surface area contributed by atoms with Crippen molar-refractivity contribution in [3.63, 3.8) is 0 Å². The van der Waals surface area contributed by atoms with Gasteiger partial charge in [-0.1, -0.05) is 15.9 Å². The minimum Gasteiger partial charge on any atom is -0.324 e. The second-order valence-electron chi connectivity index (χ2n) is 2.79. The van der Waals surface area contributed by atoms with E-state index in [0.29, 0.717) is 10.0 Å². The fourth-order valence-electron chi connectivity index (χ4n) is 1.07. The first-order valence-corrected chi connectivity index (χ1v) is 4.70. The maximum Gasteiger partial charge on any atom is 0.124 e. The first kappa shape index (κ1) is 13.8. The summed E-state index contributed by atoms with van der Waals surface area (Å²) in [5.74, 6) is -0.362. The molecule has 0 unspecified atom stereocenters. The standard InChI is InChI=1S/C9H10BrF2N.ClH/c10-7-3-6(4-8(12)5-7)9(13)1-2-11;/h3-5,9H,1-2,13H2;1H/t9-;/m1./s1. The van der Waals surface area contributed by atoms with Gasteiger partial charge in [0.1, 0.15) is 5.82 Å². The lowest BCUT2D eigenvalue weighted by Crippen LogP contribution is -2.11. The molecule has 5 heteroatoms. The molecule has 0 radical (unpaired) electrons. The third kappa shape index (κ3) is 3.90. The van der Waals surface area contributed by atoms with E-state index < -0.39 is 12.7 Å². The molecule has 1 rings (SSSR count). The van der Waals surface area contributed by atoms with E-state index in [4.69, 9.17) is 5.73 Å². The minimum atomic E-state index is -0.491. The van der Waals surface area contributed by atoms with Gasteiger partial charge in [0.05, 0.1) is 6.67 Å². The predicted molar refractivity (Wildman–Crippen MR) is 58.9 cm³/mol. The third-order valence-electron chi connectivity index (χ3n) is 1.73. The monoisotopic (exact) mass is 285 g/mol. The molecule has 0 aliphatic rings. The average molecular weight is 287 g/mol. The van der Waals surface area contributed by atoms with Crippen molar-refractivity contribution < 1.29 is 8.78 Å².